The van der Waals surface area contributed by atoms with Gasteiger partial charge in [-0.3, -0.25) is 9.59 Å². The van der Waals surface area contributed by atoms with Crippen LogP contribution in [0.25, 0.3) is 0 Å². The van der Waals surface area contributed by atoms with Crippen LogP contribution in [0.3, 0.4) is 0 Å². The van der Waals surface area contributed by atoms with Gasteiger partial charge in [0, 0.05) is 35.1 Å². The van der Waals surface area contributed by atoms with Crippen LogP contribution in [-0.4, -0.2) is 53.7 Å². The summed E-state index contributed by atoms with van der Waals surface area (Å²) in [6.07, 6.45) is 2.48. The van der Waals surface area contributed by atoms with Crippen molar-refractivity contribution in [3.05, 3.63) is 69.7 Å². The largest absolute Gasteiger partial charge is 0.481 e. The molecule has 1 amide bonds. The Labute approximate surface area is 235 Å². The molecule has 0 aromatic heterocycles. The molecule has 0 unspecified atom stereocenters. The lowest BCUT2D eigenvalue weighted by atomic mass is 9.67. The first-order chi connectivity index (χ1) is 18.0. The summed E-state index contributed by atoms with van der Waals surface area (Å²) in [6, 6.07) is 13.8. The zero-order valence-electron chi connectivity index (χ0n) is 21.6. The lowest BCUT2D eigenvalue weighted by Crippen LogP contribution is -2.58. The van der Waals surface area contributed by atoms with E-state index in [-0.39, 0.29) is 24.8 Å². The van der Waals surface area contributed by atoms with E-state index in [0.717, 1.165) is 24.0 Å². The normalized spacial score (nSPS) is 24.7. The molecule has 7 nitrogen and oxygen atoms in total. The minimum atomic E-state index is -2.83. The minimum absolute atomic E-state index is 0.160. The van der Waals surface area contributed by atoms with Gasteiger partial charge in [0.05, 0.1) is 17.9 Å². The molecule has 2 fully saturated rings. The van der Waals surface area contributed by atoms with E-state index in [9.17, 15) is 23.1 Å². The second-order valence-corrected chi connectivity index (χ2v) is 12.7. The molecule has 2 aliphatic rings. The molecule has 1 N–H and O–H groups in total. The van der Waals surface area contributed by atoms with Gasteiger partial charge in [-0.15, -0.1) is 0 Å². The van der Waals surface area contributed by atoms with Crippen molar-refractivity contribution >= 4 is 46.0 Å². The molecule has 1 saturated carbocycles. The fraction of sp³-hybridized carbons (Fsp3) is 0.500. The van der Waals surface area contributed by atoms with Gasteiger partial charge in [-0.05, 0) is 67.0 Å². The van der Waals surface area contributed by atoms with Crippen molar-refractivity contribution in [1.29, 1.82) is 0 Å². The number of likely N-dealkylation sites (tertiary alicyclic amines) is 1. The number of piperidine rings is 1. The molecule has 1 saturated heterocycles. The summed E-state index contributed by atoms with van der Waals surface area (Å²) in [7, 11) is -2.83. The van der Waals surface area contributed by atoms with Crippen LogP contribution in [0.4, 0.5) is 0 Å². The number of hydrogen-bond acceptors (Lipinski definition) is 4. The Kier molecular flexibility index (Phi) is 9.07. The van der Waals surface area contributed by atoms with Crippen LogP contribution in [-0.2, 0) is 20.5 Å². The van der Waals surface area contributed by atoms with E-state index < -0.39 is 34.4 Å². The van der Waals surface area contributed by atoms with Gasteiger partial charge in [0.2, 0.25) is 16.8 Å². The van der Waals surface area contributed by atoms with Crippen molar-refractivity contribution < 1.29 is 23.1 Å². The third-order valence-electron chi connectivity index (χ3n) is 7.81. The average Bonchev–Trinajstić information content (AvgIpc) is 3.68. The molecular formula is C28H34Cl2N2O5S. The standard InChI is InChI=1S/C28H34Cl2N2O5S/c1-3-23(17-31(38(36)37)16-18-7-8-18)32-26(19-9-11-21(29)12-10-19)24(20-5-4-6-22(30)13-20)14-28(2,27(32)35)15-25(33)34/h4-6,9-13,18,23-24,26,38H,3,7-8,14-17H2,1-2H3,(H,33,34)/t23-,24+,26+,28-/m0/s1. The van der Waals surface area contributed by atoms with Gasteiger partial charge in [-0.25, -0.2) is 12.7 Å². The number of rotatable bonds is 11. The second kappa shape index (κ2) is 11.9. The highest BCUT2D eigenvalue weighted by Crippen LogP contribution is 2.52. The number of amides is 1. The Morgan fingerprint density at radius 1 is 1.13 bits per heavy atom. The number of thiol groups is 1. The predicted molar refractivity (Wildman–Crippen MR) is 149 cm³/mol. The number of nitrogens with zero attached hydrogens (tertiary/aromatic N) is 2. The molecule has 4 atom stereocenters. The molecule has 0 spiro atoms. The molecule has 1 heterocycles. The van der Waals surface area contributed by atoms with Gasteiger partial charge in [0.25, 0.3) is 0 Å². The van der Waals surface area contributed by atoms with Crippen molar-refractivity contribution in [2.45, 2.75) is 64.0 Å². The van der Waals surface area contributed by atoms with Crippen LogP contribution < -0.4 is 0 Å². The van der Waals surface area contributed by atoms with Crippen molar-refractivity contribution in [1.82, 2.24) is 9.21 Å². The van der Waals surface area contributed by atoms with Crippen LogP contribution in [0, 0.1) is 11.3 Å². The molecule has 0 bridgehead atoms. The molecule has 2 aromatic rings. The zero-order chi connectivity index (χ0) is 27.6. The van der Waals surface area contributed by atoms with Crippen LogP contribution in [0.1, 0.15) is 69.0 Å². The monoisotopic (exact) mass is 580 g/mol. The molecule has 1 aliphatic heterocycles. The summed E-state index contributed by atoms with van der Waals surface area (Å²) in [4.78, 5) is 28.0. The van der Waals surface area contributed by atoms with E-state index in [1.54, 1.807) is 30.0 Å². The summed E-state index contributed by atoms with van der Waals surface area (Å²) in [6.45, 7) is 4.23. The van der Waals surface area contributed by atoms with Crippen molar-refractivity contribution in [3.63, 3.8) is 0 Å². The maximum Gasteiger partial charge on any atom is 0.304 e. The Morgan fingerprint density at radius 2 is 1.82 bits per heavy atom. The number of aliphatic carboxylic acids is 1. The zero-order valence-corrected chi connectivity index (χ0v) is 24.0. The van der Waals surface area contributed by atoms with E-state index in [2.05, 4.69) is 0 Å². The fourth-order valence-corrected chi connectivity index (χ4v) is 6.76. The van der Waals surface area contributed by atoms with Gasteiger partial charge in [-0.1, -0.05) is 61.3 Å². The SMILES string of the molecule is CC[C@@H](CN(CC1CC1)[SH](=O)=O)N1C(=O)[C@](C)(CC(=O)O)C[C@H](c2cccc(Cl)c2)[C@H]1c1ccc(Cl)cc1. The molecular weight excluding hydrogens is 547 g/mol. The molecule has 10 heteroatoms. The number of carbonyl (C=O) groups is 2. The van der Waals surface area contributed by atoms with Crippen LogP contribution >= 0.6 is 23.2 Å². The number of carboxylic acid groups (broad SMARTS) is 1. The number of halogens is 2. The first-order valence-electron chi connectivity index (χ1n) is 13.0. The molecule has 4 rings (SSSR count). The third-order valence-corrected chi connectivity index (χ3v) is 9.09. The van der Waals surface area contributed by atoms with E-state index in [0.29, 0.717) is 35.3 Å². The van der Waals surface area contributed by atoms with Gasteiger partial charge in [-0.2, -0.15) is 0 Å². The minimum Gasteiger partial charge on any atom is -0.481 e. The first-order valence-corrected chi connectivity index (χ1v) is 14.9. The highest BCUT2D eigenvalue weighted by Gasteiger charge is 2.52. The van der Waals surface area contributed by atoms with Gasteiger partial charge in [0.15, 0.2) is 0 Å². The third kappa shape index (κ3) is 6.53. The van der Waals surface area contributed by atoms with E-state index in [1.165, 1.54) is 4.31 Å². The summed E-state index contributed by atoms with van der Waals surface area (Å²) in [5, 5.41) is 10.9. The average molecular weight is 582 g/mol. The highest BCUT2D eigenvalue weighted by atomic mass is 35.5. The molecule has 0 radical (unpaired) electrons. The maximum absolute atomic E-state index is 14.3. The highest BCUT2D eigenvalue weighted by molar-refractivity contribution is 7.69. The smallest absolute Gasteiger partial charge is 0.304 e. The fourth-order valence-electron chi connectivity index (χ4n) is 5.74. The summed E-state index contributed by atoms with van der Waals surface area (Å²) in [5.74, 6) is -1.26. The Morgan fingerprint density at radius 3 is 2.37 bits per heavy atom. The Bertz CT molecular complexity index is 1240. The van der Waals surface area contributed by atoms with Crippen molar-refractivity contribution in [3.8, 4) is 0 Å². The second-order valence-electron chi connectivity index (χ2n) is 10.8. The number of carbonyl (C=O) groups excluding carboxylic acids is 1. The van der Waals surface area contributed by atoms with Gasteiger partial charge in [0.1, 0.15) is 0 Å². The first kappa shape index (κ1) is 28.9. The van der Waals surface area contributed by atoms with E-state index in [4.69, 9.17) is 23.2 Å². The van der Waals surface area contributed by atoms with Gasteiger partial charge >= 0.3 is 5.97 Å². The Hall–Kier alpha value is -2.13. The molecule has 1 aliphatic carbocycles. The van der Waals surface area contributed by atoms with Crippen LogP contribution in [0.5, 0.6) is 0 Å². The molecule has 206 valence electrons. The van der Waals surface area contributed by atoms with E-state index in [1.807, 2.05) is 37.3 Å². The summed E-state index contributed by atoms with van der Waals surface area (Å²) >= 11 is 12.6. The van der Waals surface area contributed by atoms with E-state index >= 15 is 0 Å². The van der Waals surface area contributed by atoms with Crippen molar-refractivity contribution in [2.75, 3.05) is 13.1 Å². The van der Waals surface area contributed by atoms with Gasteiger partial charge < -0.3 is 10.0 Å². The number of benzene rings is 2. The molecule has 38 heavy (non-hydrogen) atoms. The van der Waals surface area contributed by atoms with Crippen LogP contribution in [0.15, 0.2) is 48.5 Å². The topological polar surface area (TPSA) is 95.0 Å². The number of carboxylic acids is 1. The molecule has 2 aromatic carbocycles. The maximum atomic E-state index is 14.3. The summed E-state index contributed by atoms with van der Waals surface area (Å²) < 4.78 is 25.9. The lowest BCUT2D eigenvalue weighted by Gasteiger charge is -2.52. The van der Waals surface area contributed by atoms with Crippen molar-refractivity contribution in [2.24, 2.45) is 11.3 Å². The quantitative estimate of drug-likeness (QED) is 0.340. The summed E-state index contributed by atoms with van der Waals surface area (Å²) in [5.41, 5.74) is 0.561. The lowest BCUT2D eigenvalue weighted by molar-refractivity contribution is -0.160. The Balaban J connectivity index is 1.86. The predicted octanol–water partition coefficient (Wildman–Crippen LogP) is 5.55. The van der Waals surface area contributed by atoms with Crippen LogP contribution in [0.2, 0.25) is 10.0 Å². The number of hydrogen-bond donors (Lipinski definition) is 2.